The molecule has 21 heavy (non-hydrogen) atoms. The van der Waals surface area contributed by atoms with Crippen LogP contribution < -0.4 is 5.32 Å². The first-order valence-electron chi connectivity index (χ1n) is 7.26. The van der Waals surface area contributed by atoms with Gasteiger partial charge in [-0.15, -0.1) is 6.42 Å². The van der Waals surface area contributed by atoms with Gasteiger partial charge in [-0.2, -0.15) is 9.40 Å². The Balaban J connectivity index is 2.16. The second-order valence-corrected chi connectivity index (χ2v) is 7.22. The Morgan fingerprint density at radius 3 is 2.95 bits per heavy atom. The summed E-state index contributed by atoms with van der Waals surface area (Å²) in [5.74, 6) is 2.88. The van der Waals surface area contributed by atoms with Gasteiger partial charge in [-0.3, -0.25) is 5.10 Å². The largest absolute Gasteiger partial charge is 0.313 e. The molecule has 2 rings (SSSR count). The van der Waals surface area contributed by atoms with E-state index in [9.17, 15) is 8.42 Å². The summed E-state index contributed by atoms with van der Waals surface area (Å²) in [7, 11) is -3.61. The molecule has 1 fully saturated rings. The molecular weight excluding hydrogens is 288 g/mol. The number of rotatable bonds is 9. The van der Waals surface area contributed by atoms with Gasteiger partial charge < -0.3 is 5.32 Å². The summed E-state index contributed by atoms with van der Waals surface area (Å²) < 4.78 is 26.8. The number of sulfonamides is 1. The number of aromatic nitrogens is 2. The van der Waals surface area contributed by atoms with E-state index < -0.39 is 10.0 Å². The highest BCUT2D eigenvalue weighted by Crippen LogP contribution is 2.31. The smallest absolute Gasteiger partial charge is 0.261 e. The zero-order valence-electron chi connectivity index (χ0n) is 12.3. The van der Waals surface area contributed by atoms with Crippen LogP contribution in [0.4, 0.5) is 0 Å². The molecule has 6 nitrogen and oxygen atoms in total. The van der Waals surface area contributed by atoms with Crippen molar-refractivity contribution in [3.8, 4) is 12.3 Å². The molecule has 1 aliphatic carbocycles. The van der Waals surface area contributed by atoms with E-state index in [4.69, 9.17) is 6.42 Å². The third-order valence-corrected chi connectivity index (χ3v) is 5.27. The normalized spacial score (nSPS) is 15.3. The Morgan fingerprint density at radius 1 is 1.57 bits per heavy atom. The molecule has 1 aliphatic rings. The number of H-pyrrole nitrogens is 1. The fraction of sp³-hybridized carbons (Fsp3) is 0.643. The molecule has 1 heterocycles. The van der Waals surface area contributed by atoms with E-state index >= 15 is 0 Å². The highest BCUT2D eigenvalue weighted by molar-refractivity contribution is 7.89. The Labute approximate surface area is 126 Å². The van der Waals surface area contributed by atoms with E-state index in [1.54, 1.807) is 6.20 Å². The predicted octanol–water partition coefficient (Wildman–Crippen LogP) is 0.943. The van der Waals surface area contributed by atoms with Gasteiger partial charge >= 0.3 is 0 Å². The molecule has 0 unspecified atom stereocenters. The van der Waals surface area contributed by atoms with Gasteiger partial charge in [-0.25, -0.2) is 8.42 Å². The van der Waals surface area contributed by atoms with E-state index in [2.05, 4.69) is 28.4 Å². The first-order chi connectivity index (χ1) is 10.1. The first kappa shape index (κ1) is 16.0. The molecule has 0 atom stereocenters. The molecule has 1 aromatic rings. The summed E-state index contributed by atoms with van der Waals surface area (Å²) in [6.45, 7) is 3.96. The lowest BCUT2D eigenvalue weighted by atomic mass is 10.3. The number of nitrogens with one attached hydrogen (secondary N) is 2. The van der Waals surface area contributed by atoms with Gasteiger partial charge in [0, 0.05) is 18.7 Å². The van der Waals surface area contributed by atoms with Crippen molar-refractivity contribution in [1.29, 1.82) is 0 Å². The van der Waals surface area contributed by atoms with Crippen molar-refractivity contribution in [2.75, 3.05) is 19.6 Å². The minimum atomic E-state index is -3.61. The van der Waals surface area contributed by atoms with Crippen LogP contribution in [0, 0.1) is 18.3 Å². The maximum absolute atomic E-state index is 12.7. The lowest BCUT2D eigenvalue weighted by Crippen LogP contribution is -2.34. The summed E-state index contributed by atoms with van der Waals surface area (Å²) in [4.78, 5) is 0. The van der Waals surface area contributed by atoms with Gasteiger partial charge in [-0.1, -0.05) is 12.8 Å². The number of terminal acetylenes is 1. The summed E-state index contributed by atoms with van der Waals surface area (Å²) in [5, 5.41) is 9.84. The van der Waals surface area contributed by atoms with Crippen LogP contribution >= 0.6 is 0 Å². The zero-order chi connectivity index (χ0) is 15.3. The van der Waals surface area contributed by atoms with Crippen LogP contribution in [0.5, 0.6) is 0 Å². The molecule has 0 aliphatic heterocycles. The molecule has 2 N–H and O–H groups in total. The number of nitrogens with zero attached hydrogens (tertiary/aromatic N) is 2. The minimum absolute atomic E-state index is 0.0969. The van der Waals surface area contributed by atoms with Crippen LogP contribution in [0.25, 0.3) is 0 Å². The van der Waals surface area contributed by atoms with Gasteiger partial charge in [0.2, 0.25) is 0 Å². The summed E-state index contributed by atoms with van der Waals surface area (Å²) >= 11 is 0. The van der Waals surface area contributed by atoms with Crippen molar-refractivity contribution in [2.24, 2.45) is 5.92 Å². The van der Waals surface area contributed by atoms with Crippen molar-refractivity contribution in [2.45, 2.75) is 37.8 Å². The van der Waals surface area contributed by atoms with Gasteiger partial charge in [0.05, 0.1) is 12.7 Å². The van der Waals surface area contributed by atoms with E-state index in [0.29, 0.717) is 24.6 Å². The molecule has 1 aromatic heterocycles. The average Bonchev–Trinajstić information content (AvgIpc) is 3.14. The highest BCUT2D eigenvalue weighted by atomic mass is 32.2. The number of hydrogen-bond donors (Lipinski definition) is 2. The van der Waals surface area contributed by atoms with Crippen LogP contribution in [0.3, 0.4) is 0 Å². The van der Waals surface area contributed by atoms with Crippen molar-refractivity contribution in [3.05, 3.63) is 11.8 Å². The van der Waals surface area contributed by atoms with Crippen molar-refractivity contribution in [1.82, 2.24) is 19.8 Å². The van der Waals surface area contributed by atoms with E-state index in [0.717, 1.165) is 25.8 Å². The topological polar surface area (TPSA) is 78.1 Å². The molecule has 116 valence electrons. The van der Waals surface area contributed by atoms with E-state index in [1.165, 1.54) is 4.31 Å². The van der Waals surface area contributed by atoms with Crippen LogP contribution in [0.15, 0.2) is 11.2 Å². The van der Waals surface area contributed by atoms with Crippen LogP contribution in [0.2, 0.25) is 0 Å². The van der Waals surface area contributed by atoms with Crippen molar-refractivity contribution >= 4 is 10.0 Å². The number of aromatic amines is 1. The maximum Gasteiger partial charge on any atom is 0.261 e. The molecule has 0 spiro atoms. The molecule has 1 saturated carbocycles. The molecule has 0 saturated heterocycles. The quantitative estimate of drug-likeness (QED) is 0.526. The van der Waals surface area contributed by atoms with E-state index in [-0.39, 0.29) is 11.6 Å². The van der Waals surface area contributed by atoms with Crippen LogP contribution in [-0.4, -0.2) is 42.6 Å². The monoisotopic (exact) mass is 310 g/mol. The van der Waals surface area contributed by atoms with Gasteiger partial charge in [0.1, 0.15) is 0 Å². The minimum Gasteiger partial charge on any atom is -0.313 e. The van der Waals surface area contributed by atoms with E-state index in [1.807, 2.05) is 0 Å². The molecule has 7 heteroatoms. The standard InChI is InChI=1S/C14H22N4O2S/c1-3-7-15-9-13-10-16-17-14(13)21(19,20)18(8-4-2)11-12-5-6-12/h2,10,12,15H,3,5-9,11H2,1H3,(H,16,17). The SMILES string of the molecule is C#CCN(CC1CC1)S(=O)(=O)c1[nH]ncc1CNCCC. The second-order valence-electron chi connectivity index (χ2n) is 5.35. The van der Waals surface area contributed by atoms with Gasteiger partial charge in [0.25, 0.3) is 10.0 Å². The van der Waals surface area contributed by atoms with Crippen LogP contribution in [-0.2, 0) is 16.6 Å². The Bertz CT molecular complexity index is 599. The highest BCUT2D eigenvalue weighted by Gasteiger charge is 2.33. The molecule has 0 radical (unpaired) electrons. The Kier molecular flexibility index (Phi) is 5.39. The summed E-state index contributed by atoms with van der Waals surface area (Å²) in [6, 6.07) is 0. The third-order valence-electron chi connectivity index (χ3n) is 3.44. The first-order valence-corrected chi connectivity index (χ1v) is 8.70. The van der Waals surface area contributed by atoms with Crippen LogP contribution in [0.1, 0.15) is 31.7 Å². The summed E-state index contributed by atoms with van der Waals surface area (Å²) in [6.07, 6.45) is 10.0. The zero-order valence-corrected chi connectivity index (χ0v) is 13.1. The third kappa shape index (κ3) is 4.06. The number of hydrogen-bond acceptors (Lipinski definition) is 4. The maximum atomic E-state index is 12.7. The fourth-order valence-electron chi connectivity index (χ4n) is 2.12. The lowest BCUT2D eigenvalue weighted by Gasteiger charge is -2.19. The fourth-order valence-corrected chi connectivity index (χ4v) is 3.65. The summed E-state index contributed by atoms with van der Waals surface area (Å²) in [5.41, 5.74) is 0.654. The Hall–Kier alpha value is -1.36. The predicted molar refractivity (Wildman–Crippen MR) is 80.9 cm³/mol. The average molecular weight is 310 g/mol. The molecular formula is C14H22N4O2S. The van der Waals surface area contributed by atoms with Gasteiger partial charge in [0.15, 0.2) is 5.03 Å². The second kappa shape index (κ2) is 7.07. The Morgan fingerprint density at radius 2 is 2.33 bits per heavy atom. The molecule has 0 aromatic carbocycles. The van der Waals surface area contributed by atoms with Gasteiger partial charge in [-0.05, 0) is 31.7 Å². The van der Waals surface area contributed by atoms with Crippen molar-refractivity contribution in [3.63, 3.8) is 0 Å². The molecule has 0 bridgehead atoms. The van der Waals surface area contributed by atoms with Crippen molar-refractivity contribution < 1.29 is 8.42 Å². The lowest BCUT2D eigenvalue weighted by molar-refractivity contribution is 0.427. The molecule has 0 amide bonds.